The fourth-order valence-electron chi connectivity index (χ4n) is 3.03. The van der Waals surface area contributed by atoms with Crippen LogP contribution in [0.5, 0.6) is 0 Å². The number of amides is 1. The van der Waals surface area contributed by atoms with E-state index in [0.29, 0.717) is 23.8 Å². The smallest absolute Gasteiger partial charge is 0.276 e. The Balaban J connectivity index is 1.58. The van der Waals surface area contributed by atoms with Gasteiger partial charge in [-0.1, -0.05) is 5.16 Å². The van der Waals surface area contributed by atoms with E-state index >= 15 is 0 Å². The van der Waals surface area contributed by atoms with Gasteiger partial charge in [-0.15, -0.1) is 0 Å². The summed E-state index contributed by atoms with van der Waals surface area (Å²) in [6.45, 7) is 0.710. The number of likely N-dealkylation sites (tertiary alicyclic amines) is 1. The highest BCUT2D eigenvalue weighted by molar-refractivity contribution is 5.93. The maximum atomic E-state index is 12.8. The quantitative estimate of drug-likeness (QED) is 0.743. The summed E-state index contributed by atoms with van der Waals surface area (Å²) >= 11 is 0. The standard InChI is InChI=1S/C16H16N4O3/c1-19-10-11(9-17-19)13-4-2-6-20(13)16(21)12-8-15(23-18-12)14-5-3-7-22-14/h3,5,7-10,13H,2,4,6H2,1H3. The van der Waals surface area contributed by atoms with Gasteiger partial charge in [0.25, 0.3) is 5.91 Å². The van der Waals surface area contributed by atoms with Crippen molar-refractivity contribution in [3.8, 4) is 11.5 Å². The Bertz CT molecular complexity index is 818. The van der Waals surface area contributed by atoms with Crippen LogP contribution >= 0.6 is 0 Å². The molecule has 1 unspecified atom stereocenters. The van der Waals surface area contributed by atoms with Crippen LogP contribution in [0.3, 0.4) is 0 Å². The number of rotatable bonds is 3. The molecule has 7 nitrogen and oxygen atoms in total. The Morgan fingerprint density at radius 2 is 2.30 bits per heavy atom. The van der Waals surface area contributed by atoms with E-state index in [9.17, 15) is 4.79 Å². The molecular formula is C16H16N4O3. The molecule has 0 aliphatic carbocycles. The van der Waals surface area contributed by atoms with Gasteiger partial charge in [0.1, 0.15) is 0 Å². The van der Waals surface area contributed by atoms with Gasteiger partial charge >= 0.3 is 0 Å². The van der Waals surface area contributed by atoms with E-state index in [4.69, 9.17) is 8.94 Å². The van der Waals surface area contributed by atoms with Crippen molar-refractivity contribution in [1.82, 2.24) is 19.8 Å². The number of carbonyl (C=O) groups is 1. The van der Waals surface area contributed by atoms with Crippen LogP contribution in [-0.4, -0.2) is 32.3 Å². The molecule has 0 N–H and O–H groups in total. The molecule has 3 aromatic rings. The summed E-state index contributed by atoms with van der Waals surface area (Å²) in [7, 11) is 1.87. The van der Waals surface area contributed by atoms with Crippen LogP contribution in [-0.2, 0) is 7.05 Å². The Labute approximate surface area is 132 Å². The first-order valence-electron chi connectivity index (χ1n) is 7.52. The summed E-state index contributed by atoms with van der Waals surface area (Å²) in [5.74, 6) is 0.884. The fraction of sp³-hybridized carbons (Fsp3) is 0.312. The largest absolute Gasteiger partial charge is 0.461 e. The lowest BCUT2D eigenvalue weighted by Gasteiger charge is -2.22. The summed E-state index contributed by atoms with van der Waals surface area (Å²) < 4.78 is 12.2. The van der Waals surface area contributed by atoms with E-state index in [0.717, 1.165) is 18.4 Å². The minimum Gasteiger partial charge on any atom is -0.461 e. The van der Waals surface area contributed by atoms with Crippen molar-refractivity contribution in [3.05, 3.63) is 48.1 Å². The van der Waals surface area contributed by atoms with Gasteiger partial charge in [-0.2, -0.15) is 5.10 Å². The van der Waals surface area contributed by atoms with Crippen LogP contribution in [0.4, 0.5) is 0 Å². The highest BCUT2D eigenvalue weighted by Gasteiger charge is 2.33. The number of aromatic nitrogens is 3. The van der Waals surface area contributed by atoms with Gasteiger partial charge in [-0.3, -0.25) is 9.48 Å². The average Bonchev–Trinajstić information content (AvgIpc) is 3.31. The van der Waals surface area contributed by atoms with Crippen molar-refractivity contribution in [2.75, 3.05) is 6.54 Å². The van der Waals surface area contributed by atoms with Gasteiger partial charge in [0.15, 0.2) is 11.5 Å². The number of carbonyl (C=O) groups excluding carboxylic acids is 1. The highest BCUT2D eigenvalue weighted by atomic mass is 16.5. The summed E-state index contributed by atoms with van der Waals surface area (Å²) in [5.41, 5.74) is 1.35. The highest BCUT2D eigenvalue weighted by Crippen LogP contribution is 2.33. The van der Waals surface area contributed by atoms with E-state index in [1.807, 2.05) is 24.3 Å². The molecule has 0 radical (unpaired) electrons. The molecule has 1 fully saturated rings. The lowest BCUT2D eigenvalue weighted by molar-refractivity contribution is 0.0725. The maximum Gasteiger partial charge on any atom is 0.276 e. The number of nitrogens with zero attached hydrogens (tertiary/aromatic N) is 4. The average molecular weight is 312 g/mol. The van der Waals surface area contributed by atoms with Gasteiger partial charge in [0.05, 0.1) is 18.5 Å². The second-order valence-corrected chi connectivity index (χ2v) is 5.66. The molecule has 1 aliphatic rings. The molecule has 7 heteroatoms. The normalized spacial score (nSPS) is 17.8. The zero-order chi connectivity index (χ0) is 15.8. The van der Waals surface area contributed by atoms with Crippen molar-refractivity contribution in [2.24, 2.45) is 7.05 Å². The van der Waals surface area contributed by atoms with Gasteiger partial charge in [-0.25, -0.2) is 0 Å². The van der Waals surface area contributed by atoms with Crippen LogP contribution < -0.4 is 0 Å². The topological polar surface area (TPSA) is 77.3 Å². The van der Waals surface area contributed by atoms with E-state index < -0.39 is 0 Å². The van der Waals surface area contributed by atoms with Crippen molar-refractivity contribution in [1.29, 1.82) is 0 Å². The Hall–Kier alpha value is -2.83. The molecule has 4 heterocycles. The first kappa shape index (κ1) is 13.8. The SMILES string of the molecule is Cn1cc(C2CCCN2C(=O)c2cc(-c3ccco3)on2)cn1. The third-order valence-corrected chi connectivity index (χ3v) is 4.12. The lowest BCUT2D eigenvalue weighted by atomic mass is 10.1. The lowest BCUT2D eigenvalue weighted by Crippen LogP contribution is -2.30. The van der Waals surface area contributed by atoms with Gasteiger partial charge < -0.3 is 13.8 Å². The van der Waals surface area contributed by atoms with E-state index in [1.54, 1.807) is 29.1 Å². The monoisotopic (exact) mass is 312 g/mol. The van der Waals surface area contributed by atoms with Gasteiger partial charge in [-0.05, 0) is 25.0 Å². The molecule has 1 amide bonds. The molecule has 0 bridgehead atoms. The first-order valence-corrected chi connectivity index (χ1v) is 7.52. The molecule has 0 aromatic carbocycles. The third kappa shape index (κ3) is 2.44. The van der Waals surface area contributed by atoms with Gasteiger partial charge in [0.2, 0.25) is 5.76 Å². The maximum absolute atomic E-state index is 12.8. The van der Waals surface area contributed by atoms with Crippen LogP contribution in [0.15, 0.2) is 45.8 Å². The van der Waals surface area contributed by atoms with Crippen molar-refractivity contribution in [2.45, 2.75) is 18.9 Å². The van der Waals surface area contributed by atoms with Crippen LogP contribution in [0.1, 0.15) is 34.9 Å². The predicted octanol–water partition coefficient (Wildman–Crippen LogP) is 2.65. The first-order chi connectivity index (χ1) is 11.2. The number of hydrogen-bond donors (Lipinski definition) is 0. The van der Waals surface area contributed by atoms with Crippen LogP contribution in [0, 0.1) is 0 Å². The van der Waals surface area contributed by atoms with Crippen LogP contribution in [0.25, 0.3) is 11.5 Å². The summed E-state index contributed by atoms with van der Waals surface area (Å²) in [4.78, 5) is 14.6. The summed E-state index contributed by atoms with van der Waals surface area (Å²) in [6, 6.07) is 5.20. The third-order valence-electron chi connectivity index (χ3n) is 4.12. The molecule has 0 spiro atoms. The molecule has 0 saturated carbocycles. The number of hydrogen-bond acceptors (Lipinski definition) is 5. The van der Waals surface area contributed by atoms with Crippen molar-refractivity contribution in [3.63, 3.8) is 0 Å². The van der Waals surface area contributed by atoms with Crippen molar-refractivity contribution >= 4 is 5.91 Å². The molecule has 23 heavy (non-hydrogen) atoms. The molecular weight excluding hydrogens is 296 g/mol. The summed E-state index contributed by atoms with van der Waals surface area (Å²) in [6.07, 6.45) is 7.22. The van der Waals surface area contributed by atoms with E-state index in [-0.39, 0.29) is 11.9 Å². The molecule has 4 rings (SSSR count). The number of furan rings is 1. The molecule has 118 valence electrons. The second kappa shape index (κ2) is 5.42. The molecule has 3 aromatic heterocycles. The Morgan fingerprint density at radius 3 is 3.04 bits per heavy atom. The predicted molar refractivity (Wildman–Crippen MR) is 80.4 cm³/mol. The van der Waals surface area contributed by atoms with Gasteiger partial charge in [0, 0.05) is 31.4 Å². The molecule has 1 aliphatic heterocycles. The zero-order valence-electron chi connectivity index (χ0n) is 12.7. The minimum atomic E-state index is -0.127. The summed E-state index contributed by atoms with van der Waals surface area (Å²) in [5, 5.41) is 8.10. The molecule has 1 saturated heterocycles. The Kier molecular flexibility index (Phi) is 3.25. The van der Waals surface area contributed by atoms with Crippen LogP contribution in [0.2, 0.25) is 0 Å². The zero-order valence-corrected chi connectivity index (χ0v) is 12.7. The Morgan fingerprint density at radius 1 is 1.39 bits per heavy atom. The minimum absolute atomic E-state index is 0.0416. The van der Waals surface area contributed by atoms with Crippen molar-refractivity contribution < 1.29 is 13.7 Å². The van der Waals surface area contributed by atoms with E-state index in [2.05, 4.69) is 10.3 Å². The molecule has 1 atom stereocenters. The fourth-order valence-corrected chi connectivity index (χ4v) is 3.03. The van der Waals surface area contributed by atoms with E-state index in [1.165, 1.54) is 0 Å². The second-order valence-electron chi connectivity index (χ2n) is 5.66. The number of aryl methyl sites for hydroxylation is 1.